The molecule has 1 saturated heterocycles. The number of guanidine groups is 1. The van der Waals surface area contributed by atoms with Crippen molar-refractivity contribution >= 4 is 23.2 Å². The second-order valence-electron chi connectivity index (χ2n) is 6.17. The van der Waals surface area contributed by atoms with E-state index in [1.54, 1.807) is 5.01 Å². The molecular weight excluding hydrogens is 333 g/mol. The summed E-state index contributed by atoms with van der Waals surface area (Å²) in [5.41, 5.74) is 0.984. The third-order valence-electron chi connectivity index (χ3n) is 4.30. The van der Waals surface area contributed by atoms with E-state index < -0.39 is 11.7 Å². The molecule has 1 fully saturated rings. The van der Waals surface area contributed by atoms with Gasteiger partial charge in [-0.2, -0.15) is 23.3 Å². The number of alkyl halides is 3. The average Bonchev–Trinajstić information content (AvgIpc) is 2.60. The normalized spacial score (nSPS) is 20.4. The van der Waals surface area contributed by atoms with Gasteiger partial charge in [-0.3, -0.25) is 4.99 Å². The number of rotatable bonds is 0. The van der Waals surface area contributed by atoms with Crippen molar-refractivity contribution in [1.29, 1.82) is 0 Å². The van der Waals surface area contributed by atoms with Gasteiger partial charge in [0, 0.05) is 31.7 Å². The number of halogens is 3. The summed E-state index contributed by atoms with van der Waals surface area (Å²) in [6.45, 7) is 5.31. The quantitative estimate of drug-likeness (QED) is 0.779. The highest BCUT2D eigenvalue weighted by Crippen LogP contribution is 2.36. The van der Waals surface area contributed by atoms with Crippen LogP contribution in [0.3, 0.4) is 0 Å². The molecule has 25 heavy (non-hydrogen) atoms. The van der Waals surface area contributed by atoms with E-state index in [4.69, 9.17) is 0 Å². The number of hydrazone groups is 1. The standard InChI is InChI=1S/C16H17F3N6/c1-10-9-21-14-12-3-2-11(16(17,18)19)8-13(12)22-15(25(14)23-10)24-6-4-20-5-7-24/h2-3,8,20H,4-7,9H2,1H3. The molecule has 0 amide bonds. The van der Waals surface area contributed by atoms with Gasteiger partial charge in [0.15, 0.2) is 5.84 Å². The first kappa shape index (κ1) is 16.1. The van der Waals surface area contributed by atoms with Gasteiger partial charge < -0.3 is 10.2 Å². The molecule has 0 atom stereocenters. The van der Waals surface area contributed by atoms with Gasteiger partial charge in [-0.25, -0.2) is 4.99 Å². The number of aliphatic imine (C=N–C) groups is 2. The largest absolute Gasteiger partial charge is 0.416 e. The van der Waals surface area contributed by atoms with Gasteiger partial charge in [-0.15, -0.1) is 0 Å². The fraction of sp³-hybridized carbons (Fsp3) is 0.438. The Labute approximate surface area is 142 Å². The molecule has 3 aliphatic heterocycles. The summed E-state index contributed by atoms with van der Waals surface area (Å²) in [5, 5.41) is 9.44. The fourth-order valence-electron chi connectivity index (χ4n) is 3.06. The summed E-state index contributed by atoms with van der Waals surface area (Å²) >= 11 is 0. The summed E-state index contributed by atoms with van der Waals surface area (Å²) in [5.74, 6) is 1.09. The Morgan fingerprint density at radius 1 is 1.16 bits per heavy atom. The van der Waals surface area contributed by atoms with Crippen LogP contribution < -0.4 is 5.32 Å². The summed E-state index contributed by atoms with van der Waals surface area (Å²) in [6, 6.07) is 3.58. The van der Waals surface area contributed by atoms with Gasteiger partial charge in [-0.05, 0) is 25.1 Å². The van der Waals surface area contributed by atoms with Gasteiger partial charge >= 0.3 is 6.18 Å². The zero-order valence-electron chi connectivity index (χ0n) is 13.6. The summed E-state index contributed by atoms with van der Waals surface area (Å²) < 4.78 is 39.2. The first-order valence-electron chi connectivity index (χ1n) is 8.08. The molecule has 132 valence electrons. The molecule has 0 aliphatic carbocycles. The summed E-state index contributed by atoms with van der Waals surface area (Å²) in [4.78, 5) is 11.1. The van der Waals surface area contributed by atoms with Gasteiger partial charge in [0.1, 0.15) is 0 Å². The van der Waals surface area contributed by atoms with Gasteiger partial charge in [0.25, 0.3) is 0 Å². The number of benzene rings is 1. The Balaban J connectivity index is 1.83. The number of hydrogen-bond acceptors (Lipinski definition) is 6. The van der Waals surface area contributed by atoms with Crippen LogP contribution in [0, 0.1) is 0 Å². The number of piperazine rings is 1. The predicted octanol–water partition coefficient (Wildman–Crippen LogP) is 2.05. The van der Waals surface area contributed by atoms with Gasteiger partial charge in [0.05, 0.1) is 23.5 Å². The number of nitrogens with one attached hydrogen (secondary N) is 1. The molecule has 1 aromatic rings. The molecule has 1 N–H and O–H groups in total. The van der Waals surface area contributed by atoms with Crippen molar-refractivity contribution in [1.82, 2.24) is 15.2 Å². The second-order valence-corrected chi connectivity index (χ2v) is 6.17. The summed E-state index contributed by atoms with van der Waals surface area (Å²) in [6.07, 6.45) is -4.40. The number of nitrogens with zero attached hydrogens (tertiary/aromatic N) is 5. The van der Waals surface area contributed by atoms with E-state index in [2.05, 4.69) is 20.4 Å². The maximum absolute atomic E-state index is 13.1. The lowest BCUT2D eigenvalue weighted by atomic mass is 10.1. The van der Waals surface area contributed by atoms with Gasteiger partial charge in [0.2, 0.25) is 5.96 Å². The average molecular weight is 350 g/mol. The Bertz CT molecular complexity index is 790. The SMILES string of the molecule is CC1=NN2C(=NC1)c1ccc(C(F)(F)F)cc1N=C2N1CCNCC1. The molecule has 0 bridgehead atoms. The van der Waals surface area contributed by atoms with Crippen molar-refractivity contribution in [3.8, 4) is 0 Å². The van der Waals surface area contributed by atoms with E-state index in [1.165, 1.54) is 6.07 Å². The molecule has 0 unspecified atom stereocenters. The topological polar surface area (TPSA) is 55.6 Å². The van der Waals surface area contributed by atoms with E-state index >= 15 is 0 Å². The van der Waals surface area contributed by atoms with Crippen LogP contribution in [0.25, 0.3) is 0 Å². The third kappa shape index (κ3) is 2.88. The first-order valence-corrected chi connectivity index (χ1v) is 8.08. The molecule has 3 aliphatic rings. The van der Waals surface area contributed by atoms with Crippen molar-refractivity contribution in [3.05, 3.63) is 29.3 Å². The van der Waals surface area contributed by atoms with Crippen LogP contribution in [0.4, 0.5) is 18.9 Å². The maximum Gasteiger partial charge on any atom is 0.416 e. The van der Waals surface area contributed by atoms with E-state index in [0.717, 1.165) is 30.9 Å². The molecule has 0 spiro atoms. The zero-order chi connectivity index (χ0) is 17.6. The monoisotopic (exact) mass is 350 g/mol. The van der Waals surface area contributed by atoms with E-state index in [9.17, 15) is 13.2 Å². The van der Waals surface area contributed by atoms with Crippen LogP contribution in [-0.4, -0.2) is 60.1 Å². The second kappa shape index (κ2) is 5.83. The fourth-order valence-corrected chi connectivity index (χ4v) is 3.06. The number of fused-ring (bicyclic) bond motifs is 3. The molecule has 9 heteroatoms. The third-order valence-corrected chi connectivity index (χ3v) is 4.30. The Morgan fingerprint density at radius 3 is 2.64 bits per heavy atom. The number of amidine groups is 1. The Morgan fingerprint density at radius 2 is 1.92 bits per heavy atom. The highest BCUT2D eigenvalue weighted by molar-refractivity contribution is 6.16. The van der Waals surface area contributed by atoms with E-state index in [0.29, 0.717) is 37.0 Å². The van der Waals surface area contributed by atoms with Crippen molar-refractivity contribution < 1.29 is 13.2 Å². The molecule has 4 rings (SSSR count). The van der Waals surface area contributed by atoms with Crippen molar-refractivity contribution in [3.63, 3.8) is 0 Å². The molecule has 3 heterocycles. The van der Waals surface area contributed by atoms with Gasteiger partial charge in [-0.1, -0.05) is 0 Å². The molecule has 0 radical (unpaired) electrons. The molecule has 1 aromatic carbocycles. The van der Waals surface area contributed by atoms with Crippen LogP contribution in [0.1, 0.15) is 18.1 Å². The highest BCUT2D eigenvalue weighted by Gasteiger charge is 2.36. The molecular formula is C16H17F3N6. The minimum absolute atomic E-state index is 0.285. The molecule has 0 aromatic heterocycles. The van der Waals surface area contributed by atoms with E-state index in [1.807, 2.05) is 11.8 Å². The van der Waals surface area contributed by atoms with Crippen LogP contribution in [0.2, 0.25) is 0 Å². The van der Waals surface area contributed by atoms with Crippen LogP contribution >= 0.6 is 0 Å². The highest BCUT2D eigenvalue weighted by atomic mass is 19.4. The van der Waals surface area contributed by atoms with Crippen LogP contribution in [0.15, 0.2) is 33.3 Å². The van der Waals surface area contributed by atoms with Crippen molar-refractivity contribution in [2.45, 2.75) is 13.1 Å². The van der Waals surface area contributed by atoms with Crippen molar-refractivity contribution in [2.75, 3.05) is 32.7 Å². The minimum Gasteiger partial charge on any atom is -0.338 e. The zero-order valence-corrected chi connectivity index (χ0v) is 13.6. The predicted molar refractivity (Wildman–Crippen MR) is 89.3 cm³/mol. The lowest BCUT2D eigenvalue weighted by Crippen LogP contribution is -2.54. The maximum atomic E-state index is 13.1. The van der Waals surface area contributed by atoms with Crippen LogP contribution in [0.5, 0.6) is 0 Å². The first-order chi connectivity index (χ1) is 11.9. The molecule has 0 saturated carbocycles. The van der Waals surface area contributed by atoms with Crippen LogP contribution in [-0.2, 0) is 6.18 Å². The lowest BCUT2D eigenvalue weighted by molar-refractivity contribution is -0.137. The number of hydrogen-bond donors (Lipinski definition) is 1. The smallest absolute Gasteiger partial charge is 0.338 e. The Kier molecular flexibility index (Phi) is 3.75. The van der Waals surface area contributed by atoms with Crippen molar-refractivity contribution in [2.24, 2.45) is 15.1 Å². The van der Waals surface area contributed by atoms with E-state index in [-0.39, 0.29) is 5.69 Å². The Hall–Kier alpha value is -2.42. The molecule has 6 nitrogen and oxygen atoms in total. The summed E-state index contributed by atoms with van der Waals surface area (Å²) in [7, 11) is 0. The minimum atomic E-state index is -4.40. The lowest BCUT2D eigenvalue weighted by Gasteiger charge is -2.38.